The average Bonchev–Trinajstić information content (AvgIpc) is 2.16. The van der Waals surface area contributed by atoms with Gasteiger partial charge in [0.05, 0.1) is 7.11 Å². The average molecular weight is 185 g/mol. The predicted molar refractivity (Wildman–Crippen MR) is 51.6 cm³/mol. The number of nitrogens with zero attached hydrogens (tertiary/aromatic N) is 1. The summed E-state index contributed by atoms with van der Waals surface area (Å²) in [4.78, 5) is 13.0. The highest BCUT2D eigenvalue weighted by Crippen LogP contribution is 2.27. The smallest absolute Gasteiger partial charge is 0.409 e. The first kappa shape index (κ1) is 10.4. The first-order valence-electron chi connectivity index (χ1n) is 4.97. The Labute approximate surface area is 80.1 Å². The molecule has 0 radical (unpaired) electrons. The van der Waals surface area contributed by atoms with Gasteiger partial charge in [0.2, 0.25) is 0 Å². The molecule has 0 aromatic heterocycles. The summed E-state index contributed by atoms with van der Waals surface area (Å²) in [7, 11) is 3.27. The van der Waals surface area contributed by atoms with Crippen LogP contribution in [0, 0.1) is 5.92 Å². The number of amides is 1. The van der Waals surface area contributed by atoms with E-state index in [4.69, 9.17) is 4.74 Å². The fraction of sp³-hybridized carbons (Fsp3) is 0.900. The minimum absolute atomic E-state index is 0.209. The molecule has 0 bridgehead atoms. The highest BCUT2D eigenvalue weighted by atomic mass is 16.5. The van der Waals surface area contributed by atoms with Crippen LogP contribution in [0.25, 0.3) is 0 Å². The molecule has 0 aliphatic heterocycles. The zero-order valence-corrected chi connectivity index (χ0v) is 8.75. The summed E-state index contributed by atoms with van der Waals surface area (Å²) in [5, 5.41) is 0. The van der Waals surface area contributed by atoms with E-state index in [2.05, 4.69) is 6.92 Å². The van der Waals surface area contributed by atoms with E-state index in [1.165, 1.54) is 26.4 Å². The molecule has 0 aromatic carbocycles. The molecule has 1 amide bonds. The van der Waals surface area contributed by atoms with Gasteiger partial charge >= 0.3 is 6.09 Å². The molecule has 76 valence electrons. The molecule has 2 unspecified atom stereocenters. The van der Waals surface area contributed by atoms with E-state index in [0.717, 1.165) is 6.42 Å². The number of carbonyl (C=O) groups is 1. The van der Waals surface area contributed by atoms with Gasteiger partial charge in [0, 0.05) is 13.1 Å². The van der Waals surface area contributed by atoms with Crippen LogP contribution in [-0.4, -0.2) is 31.2 Å². The SMILES string of the molecule is COC(=O)N(C)C1CCCCC1C. The van der Waals surface area contributed by atoms with E-state index in [9.17, 15) is 4.79 Å². The topological polar surface area (TPSA) is 29.5 Å². The molecule has 1 rings (SSSR count). The summed E-state index contributed by atoms with van der Waals surface area (Å²) < 4.78 is 4.70. The monoisotopic (exact) mass is 185 g/mol. The molecule has 1 aliphatic carbocycles. The van der Waals surface area contributed by atoms with Crippen molar-refractivity contribution >= 4 is 6.09 Å². The van der Waals surface area contributed by atoms with Crippen molar-refractivity contribution in [3.05, 3.63) is 0 Å². The Kier molecular flexibility index (Phi) is 3.58. The summed E-state index contributed by atoms with van der Waals surface area (Å²) in [6.07, 6.45) is 4.67. The molecule has 2 atom stereocenters. The summed E-state index contributed by atoms with van der Waals surface area (Å²) in [5.74, 6) is 0.609. The Morgan fingerprint density at radius 3 is 2.54 bits per heavy atom. The lowest BCUT2D eigenvalue weighted by Crippen LogP contribution is -2.42. The van der Waals surface area contributed by atoms with Gasteiger partial charge < -0.3 is 9.64 Å². The van der Waals surface area contributed by atoms with Crippen LogP contribution in [0.5, 0.6) is 0 Å². The quantitative estimate of drug-likeness (QED) is 0.627. The molecule has 3 heteroatoms. The summed E-state index contributed by atoms with van der Waals surface area (Å²) in [6.45, 7) is 2.21. The third-order valence-electron chi connectivity index (χ3n) is 3.03. The van der Waals surface area contributed by atoms with Gasteiger partial charge in [-0.2, -0.15) is 0 Å². The molecule has 1 fully saturated rings. The van der Waals surface area contributed by atoms with Crippen molar-refractivity contribution in [1.82, 2.24) is 4.90 Å². The third-order valence-corrected chi connectivity index (χ3v) is 3.03. The van der Waals surface area contributed by atoms with Gasteiger partial charge in [0.1, 0.15) is 0 Å². The Hall–Kier alpha value is -0.730. The van der Waals surface area contributed by atoms with Crippen LogP contribution in [0.15, 0.2) is 0 Å². The number of carbonyl (C=O) groups excluding carboxylic acids is 1. The van der Waals surface area contributed by atoms with Gasteiger partial charge in [-0.05, 0) is 18.8 Å². The number of hydrogen-bond donors (Lipinski definition) is 0. The Morgan fingerprint density at radius 2 is 2.00 bits per heavy atom. The van der Waals surface area contributed by atoms with Crippen molar-refractivity contribution in [2.24, 2.45) is 5.92 Å². The molecule has 0 N–H and O–H groups in total. The molecule has 0 saturated heterocycles. The maximum Gasteiger partial charge on any atom is 0.409 e. The largest absolute Gasteiger partial charge is 0.453 e. The van der Waals surface area contributed by atoms with E-state index < -0.39 is 0 Å². The minimum atomic E-state index is -0.209. The van der Waals surface area contributed by atoms with Crippen molar-refractivity contribution < 1.29 is 9.53 Å². The first-order valence-corrected chi connectivity index (χ1v) is 4.97. The van der Waals surface area contributed by atoms with Crippen LogP contribution in [0.4, 0.5) is 4.79 Å². The predicted octanol–water partition coefficient (Wildman–Crippen LogP) is 2.26. The Balaban J connectivity index is 2.53. The molecule has 0 spiro atoms. The fourth-order valence-electron chi connectivity index (χ4n) is 2.15. The van der Waals surface area contributed by atoms with Crippen LogP contribution in [0.1, 0.15) is 32.6 Å². The van der Waals surface area contributed by atoms with E-state index in [-0.39, 0.29) is 6.09 Å². The number of ether oxygens (including phenoxy) is 1. The first-order chi connectivity index (χ1) is 6.16. The van der Waals surface area contributed by atoms with Gasteiger partial charge in [-0.25, -0.2) is 4.79 Å². The normalized spacial score (nSPS) is 28.2. The molecular formula is C10H19NO2. The highest BCUT2D eigenvalue weighted by molar-refractivity contribution is 5.67. The maximum atomic E-state index is 11.3. The van der Waals surface area contributed by atoms with Gasteiger partial charge in [-0.15, -0.1) is 0 Å². The van der Waals surface area contributed by atoms with Crippen molar-refractivity contribution in [2.45, 2.75) is 38.6 Å². The molecule has 1 aliphatic rings. The Bertz CT molecular complexity index is 182. The molecule has 1 saturated carbocycles. The molecule has 13 heavy (non-hydrogen) atoms. The molecular weight excluding hydrogens is 166 g/mol. The van der Waals surface area contributed by atoms with Gasteiger partial charge in [0.15, 0.2) is 0 Å². The second kappa shape index (κ2) is 4.49. The van der Waals surface area contributed by atoms with Crippen molar-refractivity contribution in [3.63, 3.8) is 0 Å². The van der Waals surface area contributed by atoms with Crippen LogP contribution in [0.2, 0.25) is 0 Å². The van der Waals surface area contributed by atoms with Gasteiger partial charge in [-0.1, -0.05) is 19.8 Å². The molecule has 0 aromatic rings. The zero-order valence-electron chi connectivity index (χ0n) is 8.75. The van der Waals surface area contributed by atoms with Crippen molar-refractivity contribution in [2.75, 3.05) is 14.2 Å². The van der Waals surface area contributed by atoms with E-state index in [1.807, 2.05) is 7.05 Å². The molecule has 0 heterocycles. The highest BCUT2D eigenvalue weighted by Gasteiger charge is 2.27. The van der Waals surface area contributed by atoms with E-state index >= 15 is 0 Å². The Morgan fingerprint density at radius 1 is 1.38 bits per heavy atom. The lowest BCUT2D eigenvalue weighted by molar-refractivity contribution is 0.0909. The van der Waals surface area contributed by atoms with Crippen LogP contribution >= 0.6 is 0 Å². The third kappa shape index (κ3) is 2.36. The van der Waals surface area contributed by atoms with Crippen LogP contribution in [0.3, 0.4) is 0 Å². The lowest BCUT2D eigenvalue weighted by Gasteiger charge is -2.35. The number of methoxy groups -OCH3 is 1. The van der Waals surface area contributed by atoms with E-state index in [0.29, 0.717) is 12.0 Å². The zero-order chi connectivity index (χ0) is 9.84. The number of rotatable bonds is 1. The summed E-state index contributed by atoms with van der Waals surface area (Å²) in [6, 6.07) is 0.376. The minimum Gasteiger partial charge on any atom is -0.453 e. The second-order valence-corrected chi connectivity index (χ2v) is 3.91. The molecule has 3 nitrogen and oxygen atoms in total. The summed E-state index contributed by atoms with van der Waals surface area (Å²) >= 11 is 0. The van der Waals surface area contributed by atoms with Crippen LogP contribution in [-0.2, 0) is 4.74 Å². The number of hydrogen-bond acceptors (Lipinski definition) is 2. The van der Waals surface area contributed by atoms with Gasteiger partial charge in [-0.3, -0.25) is 0 Å². The van der Waals surface area contributed by atoms with Crippen LogP contribution < -0.4 is 0 Å². The van der Waals surface area contributed by atoms with E-state index in [1.54, 1.807) is 4.90 Å². The van der Waals surface area contributed by atoms with Crippen molar-refractivity contribution in [3.8, 4) is 0 Å². The summed E-state index contributed by atoms with van der Waals surface area (Å²) in [5.41, 5.74) is 0. The maximum absolute atomic E-state index is 11.3. The fourth-order valence-corrected chi connectivity index (χ4v) is 2.15. The second-order valence-electron chi connectivity index (χ2n) is 3.91. The lowest BCUT2D eigenvalue weighted by atomic mass is 9.85. The van der Waals surface area contributed by atoms with Gasteiger partial charge in [0.25, 0.3) is 0 Å². The van der Waals surface area contributed by atoms with Crippen molar-refractivity contribution in [1.29, 1.82) is 0 Å². The standard InChI is InChI=1S/C10H19NO2/c1-8-6-4-5-7-9(8)11(2)10(12)13-3/h8-9H,4-7H2,1-3H3.